The third kappa shape index (κ3) is 5.81. The van der Waals surface area contributed by atoms with Crippen molar-refractivity contribution in [1.29, 1.82) is 0 Å². The smallest absolute Gasteiger partial charge is 0.221 e. The highest BCUT2D eigenvalue weighted by atomic mass is 35.5. The van der Waals surface area contributed by atoms with E-state index in [0.717, 1.165) is 44.7 Å². The zero-order valence-electron chi connectivity index (χ0n) is 16.9. The van der Waals surface area contributed by atoms with Crippen molar-refractivity contribution in [2.24, 2.45) is 0 Å². The number of ether oxygens (including phenoxy) is 1. The van der Waals surface area contributed by atoms with Gasteiger partial charge in [0.15, 0.2) is 4.34 Å². The summed E-state index contributed by atoms with van der Waals surface area (Å²) in [6.45, 7) is 4.52. The van der Waals surface area contributed by atoms with Crippen LogP contribution < -0.4 is 15.5 Å². The van der Waals surface area contributed by atoms with Crippen LogP contribution in [0.2, 0.25) is 5.02 Å². The molecular weight excluding hydrogens is 456 g/mol. The first-order valence-electron chi connectivity index (χ1n) is 9.86. The Balaban J connectivity index is 1.34. The first-order valence-corrected chi connectivity index (χ1v) is 12.0. The summed E-state index contributed by atoms with van der Waals surface area (Å²) in [6.07, 6.45) is -0.753. The minimum atomic E-state index is -0.753. The number of morpholine rings is 1. The monoisotopic (exact) mass is 478 g/mol. The van der Waals surface area contributed by atoms with Gasteiger partial charge in [-0.15, -0.1) is 11.3 Å². The van der Waals surface area contributed by atoms with Gasteiger partial charge in [-0.3, -0.25) is 4.79 Å². The number of nitrogens with zero attached hydrogens (tertiary/aromatic N) is 2. The van der Waals surface area contributed by atoms with Crippen LogP contribution in [0.4, 0.5) is 17.1 Å². The number of fused-ring (bicyclic) bond motifs is 1. The van der Waals surface area contributed by atoms with E-state index in [1.54, 1.807) is 0 Å². The van der Waals surface area contributed by atoms with Gasteiger partial charge in [-0.2, -0.15) is 0 Å². The second-order valence-electron chi connectivity index (χ2n) is 7.08. The van der Waals surface area contributed by atoms with Gasteiger partial charge in [0.25, 0.3) is 0 Å². The van der Waals surface area contributed by atoms with Crippen molar-refractivity contribution in [1.82, 2.24) is 4.98 Å². The van der Waals surface area contributed by atoms with Crippen LogP contribution in [-0.2, 0) is 9.53 Å². The molecule has 1 aliphatic rings. The number of carbonyl (C=O) groups excluding carboxylic acids is 1. The van der Waals surface area contributed by atoms with Crippen LogP contribution >= 0.6 is 34.7 Å². The van der Waals surface area contributed by atoms with Gasteiger partial charge < -0.3 is 25.4 Å². The number of halogens is 1. The number of hydrogen-bond acceptors (Lipinski definition) is 8. The summed E-state index contributed by atoms with van der Waals surface area (Å²) in [5, 5.41) is 16.9. The lowest BCUT2D eigenvalue weighted by atomic mass is 10.2. The van der Waals surface area contributed by atoms with Gasteiger partial charge in [0, 0.05) is 37.1 Å². The second kappa shape index (κ2) is 10.1. The molecule has 3 aromatic rings. The van der Waals surface area contributed by atoms with E-state index in [2.05, 4.69) is 20.5 Å². The summed E-state index contributed by atoms with van der Waals surface area (Å²) in [7, 11) is 0. The Hall–Kier alpha value is -2.04. The topological polar surface area (TPSA) is 86.7 Å². The lowest BCUT2D eigenvalue weighted by Crippen LogP contribution is -2.36. The number of thioether (sulfide) groups is 1. The molecule has 7 nitrogen and oxygen atoms in total. The van der Waals surface area contributed by atoms with Crippen LogP contribution in [0, 0.1) is 0 Å². The third-order valence-electron chi connectivity index (χ3n) is 4.69. The van der Waals surface area contributed by atoms with Gasteiger partial charge >= 0.3 is 0 Å². The molecule has 1 saturated heterocycles. The van der Waals surface area contributed by atoms with Crippen molar-refractivity contribution in [2.45, 2.75) is 17.5 Å². The summed E-state index contributed by atoms with van der Waals surface area (Å²) in [5.74, 6) is 0.326. The molecule has 0 bridgehead atoms. The fourth-order valence-corrected chi connectivity index (χ4v) is 5.58. The van der Waals surface area contributed by atoms with Crippen LogP contribution in [0.25, 0.3) is 10.2 Å². The van der Waals surface area contributed by atoms with E-state index in [-0.39, 0.29) is 5.91 Å². The van der Waals surface area contributed by atoms with Gasteiger partial charge in [-0.25, -0.2) is 4.98 Å². The average Bonchev–Trinajstić information content (AvgIpc) is 3.15. The zero-order valence-corrected chi connectivity index (χ0v) is 19.3. The largest absolute Gasteiger partial charge is 0.378 e. The molecule has 0 saturated carbocycles. The fraction of sp³-hybridized carbons (Fsp3) is 0.333. The van der Waals surface area contributed by atoms with E-state index in [4.69, 9.17) is 16.3 Å². The summed E-state index contributed by atoms with van der Waals surface area (Å²) >= 11 is 9.47. The Labute approximate surface area is 193 Å². The molecule has 3 N–H and O–H groups in total. The normalized spacial score (nSPS) is 15.1. The van der Waals surface area contributed by atoms with Crippen molar-refractivity contribution in [3.8, 4) is 0 Å². The molecule has 1 amide bonds. The van der Waals surface area contributed by atoms with Gasteiger partial charge in [0.2, 0.25) is 5.91 Å². The molecule has 0 aliphatic carbocycles. The molecule has 1 atom stereocenters. The molecule has 31 heavy (non-hydrogen) atoms. The summed E-state index contributed by atoms with van der Waals surface area (Å²) in [6, 6.07) is 11.3. The van der Waals surface area contributed by atoms with Gasteiger partial charge in [0.1, 0.15) is 6.23 Å². The highest BCUT2D eigenvalue weighted by Crippen LogP contribution is 2.33. The number of thiazole rings is 1. The van der Waals surface area contributed by atoms with E-state index in [1.165, 1.54) is 30.0 Å². The Morgan fingerprint density at radius 2 is 2.06 bits per heavy atom. The number of aromatic nitrogens is 1. The van der Waals surface area contributed by atoms with Crippen molar-refractivity contribution in [2.75, 3.05) is 47.6 Å². The Morgan fingerprint density at radius 3 is 2.81 bits per heavy atom. The Bertz CT molecular complexity index is 1070. The zero-order chi connectivity index (χ0) is 21.8. The van der Waals surface area contributed by atoms with E-state index in [9.17, 15) is 9.90 Å². The maximum atomic E-state index is 11.2. The average molecular weight is 479 g/mol. The molecule has 1 aromatic heterocycles. The number of aliphatic hydroxyl groups is 1. The standard InChI is InChI=1S/C21H23ClN4O3S2/c1-13(27)23-15-2-4-17-19(11-15)31-21(25-17)30-12-20(28)24-14-3-5-18(16(22)10-14)26-6-8-29-9-7-26/h2-5,10-11,20,24,28H,6-9,12H2,1H3,(H,23,27). The van der Waals surface area contributed by atoms with Gasteiger partial charge in [0.05, 0.1) is 34.1 Å². The Morgan fingerprint density at radius 1 is 1.29 bits per heavy atom. The molecule has 10 heteroatoms. The van der Waals surface area contributed by atoms with Crippen molar-refractivity contribution < 1.29 is 14.6 Å². The van der Waals surface area contributed by atoms with Crippen LogP contribution in [0.3, 0.4) is 0 Å². The van der Waals surface area contributed by atoms with E-state index in [1.807, 2.05) is 36.4 Å². The molecule has 1 aliphatic heterocycles. The predicted molar refractivity (Wildman–Crippen MR) is 129 cm³/mol. The molecule has 2 aromatic carbocycles. The van der Waals surface area contributed by atoms with Crippen molar-refractivity contribution in [3.63, 3.8) is 0 Å². The van der Waals surface area contributed by atoms with Crippen LogP contribution in [-0.4, -0.2) is 54.3 Å². The van der Waals surface area contributed by atoms with Crippen LogP contribution in [0.15, 0.2) is 40.7 Å². The SMILES string of the molecule is CC(=O)Nc1ccc2nc(SCC(O)Nc3ccc(N4CCOCC4)c(Cl)c3)sc2c1. The first kappa shape index (κ1) is 22.2. The third-order valence-corrected chi connectivity index (χ3v) is 7.23. The number of anilines is 3. The first-order chi connectivity index (χ1) is 15.0. The minimum absolute atomic E-state index is 0.106. The maximum absolute atomic E-state index is 11.2. The van der Waals surface area contributed by atoms with E-state index < -0.39 is 6.23 Å². The number of amides is 1. The molecule has 2 heterocycles. The highest BCUT2D eigenvalue weighted by molar-refractivity contribution is 8.01. The molecule has 4 rings (SSSR count). The second-order valence-corrected chi connectivity index (χ2v) is 9.79. The van der Waals surface area contributed by atoms with E-state index >= 15 is 0 Å². The maximum Gasteiger partial charge on any atom is 0.221 e. The number of carbonyl (C=O) groups is 1. The molecule has 164 valence electrons. The summed E-state index contributed by atoms with van der Waals surface area (Å²) < 4.78 is 7.23. The number of nitrogens with one attached hydrogen (secondary N) is 2. The molecule has 0 spiro atoms. The van der Waals surface area contributed by atoms with Crippen LogP contribution in [0.1, 0.15) is 6.92 Å². The summed E-state index contributed by atoms with van der Waals surface area (Å²) in [5.41, 5.74) is 3.36. The lowest BCUT2D eigenvalue weighted by Gasteiger charge is -2.29. The molecule has 1 unspecified atom stereocenters. The van der Waals surface area contributed by atoms with Crippen LogP contribution in [0.5, 0.6) is 0 Å². The molecular formula is C21H23ClN4O3S2. The lowest BCUT2D eigenvalue weighted by molar-refractivity contribution is -0.114. The van der Waals surface area contributed by atoms with Gasteiger partial charge in [-0.1, -0.05) is 23.4 Å². The van der Waals surface area contributed by atoms with Crippen molar-refractivity contribution >= 4 is 67.9 Å². The summed E-state index contributed by atoms with van der Waals surface area (Å²) in [4.78, 5) is 18.0. The highest BCUT2D eigenvalue weighted by Gasteiger charge is 2.15. The number of aliphatic hydroxyl groups excluding tert-OH is 1. The van der Waals surface area contributed by atoms with Crippen molar-refractivity contribution in [3.05, 3.63) is 41.4 Å². The molecule has 1 fully saturated rings. The quantitative estimate of drug-likeness (QED) is 0.345. The Kier molecular flexibility index (Phi) is 7.19. The number of rotatable bonds is 7. The predicted octanol–water partition coefficient (Wildman–Crippen LogP) is 4.27. The number of benzene rings is 2. The van der Waals surface area contributed by atoms with E-state index in [0.29, 0.717) is 24.0 Å². The molecule has 0 radical (unpaired) electrons. The number of hydrogen-bond donors (Lipinski definition) is 3. The fourth-order valence-electron chi connectivity index (χ4n) is 3.29. The van der Waals surface area contributed by atoms with Gasteiger partial charge in [-0.05, 0) is 36.4 Å². The minimum Gasteiger partial charge on any atom is -0.378 e.